The summed E-state index contributed by atoms with van der Waals surface area (Å²) in [6.07, 6.45) is 0.192. The molecule has 0 aromatic heterocycles. The number of sulfonamides is 1. The van der Waals surface area contributed by atoms with E-state index in [0.29, 0.717) is 0 Å². The molecule has 1 saturated carbocycles. The van der Waals surface area contributed by atoms with Crippen LogP contribution in [0.25, 0.3) is 0 Å². The third-order valence-electron chi connectivity index (χ3n) is 7.57. The Morgan fingerprint density at radius 1 is 1.15 bits per heavy atom. The van der Waals surface area contributed by atoms with Crippen LogP contribution in [-0.4, -0.2) is 34.7 Å². The number of fused-ring (bicyclic) bond motifs is 5. The van der Waals surface area contributed by atoms with Crippen LogP contribution in [0.3, 0.4) is 0 Å². The number of nitrogens with zero attached hydrogens (tertiary/aromatic N) is 1. The number of hydrogen-bond donors (Lipinski definition) is 1. The standard InChI is InChI=1S/C23H22F2N2O5S2/c1-13-10-16-17-12-32-22-19(25)7-6-18(24)21(22)23(17,9-8-20(16)27-34(13,30)31)33(28,29)15-4-2-14(11-26)3-5-15/h2-7,13,16-17,20,27H,8-10,12H2,1H3/t13-,16+,17+,20-,23+/m1/s1. The molecule has 5 atom stereocenters. The van der Waals surface area contributed by atoms with Gasteiger partial charge in [0.1, 0.15) is 10.6 Å². The molecule has 180 valence electrons. The lowest BCUT2D eigenvalue weighted by molar-refractivity contribution is 0.0500. The van der Waals surface area contributed by atoms with Crippen molar-refractivity contribution >= 4 is 19.9 Å². The molecule has 0 spiro atoms. The van der Waals surface area contributed by atoms with E-state index in [9.17, 15) is 21.2 Å². The number of halogens is 2. The van der Waals surface area contributed by atoms with Gasteiger partial charge in [0.05, 0.1) is 33.9 Å². The van der Waals surface area contributed by atoms with Gasteiger partial charge < -0.3 is 4.74 Å². The van der Waals surface area contributed by atoms with Gasteiger partial charge in [-0.15, -0.1) is 0 Å². The molecule has 1 aliphatic carbocycles. The maximum atomic E-state index is 15.4. The van der Waals surface area contributed by atoms with Crippen LogP contribution in [0.5, 0.6) is 5.75 Å². The zero-order valence-electron chi connectivity index (χ0n) is 18.2. The summed E-state index contributed by atoms with van der Waals surface area (Å²) in [7, 11) is -7.90. The van der Waals surface area contributed by atoms with Gasteiger partial charge in [-0.1, -0.05) is 0 Å². The summed E-state index contributed by atoms with van der Waals surface area (Å²) in [4.78, 5) is -0.115. The molecule has 2 heterocycles. The van der Waals surface area contributed by atoms with Crippen molar-refractivity contribution in [3.8, 4) is 11.8 Å². The van der Waals surface area contributed by atoms with Crippen LogP contribution in [0.4, 0.5) is 8.78 Å². The molecule has 7 nitrogen and oxygen atoms in total. The molecule has 5 rings (SSSR count). The second-order valence-electron chi connectivity index (χ2n) is 9.20. The van der Waals surface area contributed by atoms with Crippen molar-refractivity contribution in [1.82, 2.24) is 4.72 Å². The van der Waals surface area contributed by atoms with Gasteiger partial charge in [-0.2, -0.15) is 5.26 Å². The van der Waals surface area contributed by atoms with Crippen LogP contribution >= 0.6 is 0 Å². The summed E-state index contributed by atoms with van der Waals surface area (Å²) >= 11 is 0. The quantitative estimate of drug-likeness (QED) is 0.667. The van der Waals surface area contributed by atoms with E-state index < -0.39 is 65.1 Å². The minimum absolute atomic E-state index is 0.115. The Hall–Kier alpha value is -2.55. The van der Waals surface area contributed by atoms with Crippen molar-refractivity contribution in [2.24, 2.45) is 11.8 Å². The van der Waals surface area contributed by atoms with Crippen LogP contribution in [0.1, 0.15) is 37.3 Å². The molecule has 0 bridgehead atoms. The molecule has 0 amide bonds. The molecule has 3 aliphatic rings. The molecule has 0 unspecified atom stereocenters. The third-order valence-corrected chi connectivity index (χ3v) is 12.0. The number of rotatable bonds is 2. The monoisotopic (exact) mass is 508 g/mol. The van der Waals surface area contributed by atoms with Gasteiger partial charge in [-0.25, -0.2) is 30.3 Å². The maximum absolute atomic E-state index is 15.4. The number of hydrogen-bond acceptors (Lipinski definition) is 6. The van der Waals surface area contributed by atoms with Gasteiger partial charge in [-0.3, -0.25) is 0 Å². The molecule has 34 heavy (non-hydrogen) atoms. The van der Waals surface area contributed by atoms with Gasteiger partial charge in [0.25, 0.3) is 0 Å². The number of nitrogens with one attached hydrogen (secondary N) is 1. The molecular formula is C23H22F2N2O5S2. The Morgan fingerprint density at radius 2 is 1.82 bits per heavy atom. The van der Waals surface area contributed by atoms with Crippen LogP contribution in [0.15, 0.2) is 41.3 Å². The molecule has 1 saturated heterocycles. The summed E-state index contributed by atoms with van der Waals surface area (Å²) in [5.74, 6) is -3.45. The van der Waals surface area contributed by atoms with Crippen LogP contribution in [0, 0.1) is 34.8 Å². The van der Waals surface area contributed by atoms with Crippen molar-refractivity contribution in [1.29, 1.82) is 5.26 Å². The predicted molar refractivity (Wildman–Crippen MR) is 118 cm³/mol. The minimum Gasteiger partial charge on any atom is -0.490 e. The highest BCUT2D eigenvalue weighted by Crippen LogP contribution is 2.59. The first-order valence-corrected chi connectivity index (χ1v) is 13.9. The Labute approximate surface area is 196 Å². The Kier molecular flexibility index (Phi) is 5.28. The second-order valence-corrected chi connectivity index (χ2v) is 13.5. The molecule has 2 fully saturated rings. The fraction of sp³-hybridized carbons (Fsp3) is 0.435. The largest absolute Gasteiger partial charge is 0.490 e. The fourth-order valence-electron chi connectivity index (χ4n) is 5.90. The van der Waals surface area contributed by atoms with Crippen molar-refractivity contribution in [2.45, 2.75) is 47.1 Å². The lowest BCUT2D eigenvalue weighted by Gasteiger charge is -2.54. The Morgan fingerprint density at radius 3 is 2.50 bits per heavy atom. The zero-order valence-corrected chi connectivity index (χ0v) is 19.8. The smallest absolute Gasteiger partial charge is 0.214 e. The predicted octanol–water partition coefficient (Wildman–Crippen LogP) is 3.00. The normalized spacial score (nSPS) is 31.8. The molecular weight excluding hydrogens is 486 g/mol. The van der Waals surface area contributed by atoms with E-state index >= 15 is 4.39 Å². The highest BCUT2D eigenvalue weighted by molar-refractivity contribution is 7.92. The molecule has 2 aromatic rings. The summed E-state index contributed by atoms with van der Waals surface area (Å²) < 4.78 is 90.1. The number of ether oxygens (including phenoxy) is 1. The molecule has 0 radical (unpaired) electrons. The van der Waals surface area contributed by atoms with Crippen LogP contribution < -0.4 is 9.46 Å². The molecule has 2 aromatic carbocycles. The first kappa shape index (κ1) is 23.2. The summed E-state index contributed by atoms with van der Waals surface area (Å²) in [5.41, 5.74) is -0.0792. The number of benzene rings is 2. The second kappa shape index (κ2) is 7.73. The SMILES string of the molecule is C[C@@H]1C[C@@H]2[C@@H](CC[C@@]3(S(=O)(=O)c4ccc(C#N)cc4)c4c(F)ccc(F)c4OC[C@@H]23)NS1(=O)=O. The Bertz CT molecular complexity index is 1420. The van der Waals surface area contributed by atoms with Gasteiger partial charge in [0, 0.05) is 12.0 Å². The van der Waals surface area contributed by atoms with Crippen molar-refractivity contribution in [2.75, 3.05) is 6.61 Å². The van der Waals surface area contributed by atoms with Crippen LogP contribution in [-0.2, 0) is 24.6 Å². The average molecular weight is 509 g/mol. The summed E-state index contributed by atoms with van der Waals surface area (Å²) in [6, 6.07) is 8.52. The lowest BCUT2D eigenvalue weighted by Crippen LogP contribution is -2.63. The van der Waals surface area contributed by atoms with Gasteiger partial charge in [-0.05, 0) is 68.5 Å². The van der Waals surface area contributed by atoms with Gasteiger partial charge in [0.2, 0.25) is 10.0 Å². The first-order valence-electron chi connectivity index (χ1n) is 10.9. The summed E-state index contributed by atoms with van der Waals surface area (Å²) in [6.45, 7) is 1.35. The van der Waals surface area contributed by atoms with Crippen LogP contribution in [0.2, 0.25) is 0 Å². The van der Waals surface area contributed by atoms with Crippen molar-refractivity contribution in [3.63, 3.8) is 0 Å². The summed E-state index contributed by atoms with van der Waals surface area (Å²) in [5, 5.41) is 8.32. The molecule has 1 N–H and O–H groups in total. The first-order chi connectivity index (χ1) is 16.0. The van der Waals surface area contributed by atoms with E-state index in [1.165, 1.54) is 24.3 Å². The number of sulfone groups is 1. The maximum Gasteiger partial charge on any atom is 0.214 e. The zero-order chi connectivity index (χ0) is 24.5. The number of nitriles is 1. The van der Waals surface area contributed by atoms with Gasteiger partial charge >= 0.3 is 0 Å². The van der Waals surface area contributed by atoms with E-state index in [-0.39, 0.29) is 41.9 Å². The highest BCUT2D eigenvalue weighted by Gasteiger charge is 2.64. The fourth-order valence-corrected chi connectivity index (χ4v) is 9.73. The molecule has 2 aliphatic heterocycles. The average Bonchev–Trinajstić information content (AvgIpc) is 2.81. The topological polar surface area (TPSA) is 113 Å². The van der Waals surface area contributed by atoms with Gasteiger partial charge in [0.15, 0.2) is 21.4 Å². The molecule has 11 heteroatoms. The van der Waals surface area contributed by atoms with Crippen molar-refractivity contribution < 1.29 is 30.4 Å². The van der Waals surface area contributed by atoms with E-state index in [2.05, 4.69) is 4.72 Å². The van der Waals surface area contributed by atoms with Crippen molar-refractivity contribution in [3.05, 3.63) is 59.2 Å². The van der Waals surface area contributed by atoms with E-state index in [1.807, 2.05) is 6.07 Å². The van der Waals surface area contributed by atoms with E-state index in [4.69, 9.17) is 10.00 Å². The third kappa shape index (κ3) is 3.12. The minimum atomic E-state index is -4.33. The van der Waals surface area contributed by atoms with E-state index in [0.717, 1.165) is 12.1 Å². The highest BCUT2D eigenvalue weighted by atomic mass is 32.2. The lowest BCUT2D eigenvalue weighted by atomic mass is 9.64. The van der Waals surface area contributed by atoms with E-state index in [1.54, 1.807) is 6.92 Å². The Balaban J connectivity index is 1.75.